The van der Waals surface area contributed by atoms with Crippen molar-refractivity contribution in [3.63, 3.8) is 0 Å². The molecule has 0 aromatic carbocycles. The van der Waals surface area contributed by atoms with Gasteiger partial charge < -0.3 is 19.3 Å². The average Bonchev–Trinajstić information content (AvgIpc) is 3.30. The molecule has 0 radical (unpaired) electrons. The van der Waals surface area contributed by atoms with Crippen LogP contribution in [0.1, 0.15) is 37.9 Å². The SMILES string of the molecule is O=C([C@H]1[C@H]2C[C@H](CN(Cc3ccc(Cl)o3)C2)[C@@H]2CCCC(=O)N21)N1CC[C@H](O)C1. The fourth-order valence-electron chi connectivity index (χ4n) is 5.99. The summed E-state index contributed by atoms with van der Waals surface area (Å²) in [6.45, 7) is 3.30. The summed E-state index contributed by atoms with van der Waals surface area (Å²) < 4.78 is 5.56. The molecule has 29 heavy (non-hydrogen) atoms. The number of nitrogens with zero attached hydrogens (tertiary/aromatic N) is 3. The Labute approximate surface area is 175 Å². The van der Waals surface area contributed by atoms with Crippen LogP contribution in [0.25, 0.3) is 0 Å². The minimum absolute atomic E-state index is 0.0214. The minimum Gasteiger partial charge on any atom is -0.448 e. The highest BCUT2D eigenvalue weighted by Gasteiger charge is 2.53. The van der Waals surface area contributed by atoms with Crippen LogP contribution in [-0.2, 0) is 16.1 Å². The van der Waals surface area contributed by atoms with Crippen LogP contribution in [0.15, 0.2) is 16.5 Å². The van der Waals surface area contributed by atoms with Crippen LogP contribution in [0.4, 0.5) is 0 Å². The maximum absolute atomic E-state index is 13.5. The van der Waals surface area contributed by atoms with Gasteiger partial charge in [0, 0.05) is 44.6 Å². The zero-order valence-corrected chi connectivity index (χ0v) is 17.3. The molecule has 1 aromatic rings. The Hall–Kier alpha value is -1.57. The van der Waals surface area contributed by atoms with Crippen molar-refractivity contribution in [2.45, 2.75) is 56.8 Å². The van der Waals surface area contributed by atoms with E-state index >= 15 is 0 Å². The second kappa shape index (κ2) is 7.60. The van der Waals surface area contributed by atoms with E-state index in [0.29, 0.717) is 43.6 Å². The first-order chi connectivity index (χ1) is 14.0. The molecule has 4 fully saturated rings. The predicted molar refractivity (Wildman–Crippen MR) is 106 cm³/mol. The van der Waals surface area contributed by atoms with E-state index in [1.165, 1.54) is 0 Å². The highest BCUT2D eigenvalue weighted by molar-refractivity contribution is 6.28. The van der Waals surface area contributed by atoms with Gasteiger partial charge in [-0.15, -0.1) is 0 Å². The molecule has 4 aliphatic heterocycles. The molecule has 5 atom stereocenters. The second-order valence-corrected chi connectivity index (χ2v) is 9.46. The fraction of sp³-hybridized carbons (Fsp3) is 0.714. The summed E-state index contributed by atoms with van der Waals surface area (Å²) in [6.07, 6.45) is 3.56. The molecule has 7 nitrogen and oxygen atoms in total. The van der Waals surface area contributed by atoms with Crippen LogP contribution in [0.2, 0.25) is 5.22 Å². The van der Waals surface area contributed by atoms with Crippen molar-refractivity contribution < 1.29 is 19.1 Å². The molecule has 158 valence electrons. The van der Waals surface area contributed by atoms with E-state index < -0.39 is 12.1 Å². The molecule has 4 saturated heterocycles. The number of halogens is 1. The third-order valence-corrected chi connectivity index (χ3v) is 7.36. The van der Waals surface area contributed by atoms with Gasteiger partial charge in [0.2, 0.25) is 11.8 Å². The lowest BCUT2D eigenvalue weighted by molar-refractivity contribution is -0.165. The number of rotatable bonds is 3. The standard InChI is InChI=1S/C21H28ClN3O4/c22-18-5-4-16(29-18)12-23-9-13-8-14(10-23)20(21(28)24-7-6-15(26)11-24)25-17(13)2-1-3-19(25)27/h4-5,13-15,17,20,26H,1-3,6-12H2/t13-,14+,15+,17+,20-/m1/s1. The smallest absolute Gasteiger partial charge is 0.245 e. The Kier molecular flexibility index (Phi) is 5.08. The molecule has 5 heterocycles. The number of fused-ring (bicyclic) bond motifs is 4. The van der Waals surface area contributed by atoms with E-state index in [9.17, 15) is 14.7 Å². The van der Waals surface area contributed by atoms with Gasteiger partial charge in [0.05, 0.1) is 12.6 Å². The molecule has 0 aliphatic carbocycles. The summed E-state index contributed by atoms with van der Waals surface area (Å²) in [5.74, 6) is 1.48. The van der Waals surface area contributed by atoms with Gasteiger partial charge in [-0.1, -0.05) is 0 Å². The molecule has 4 aliphatic rings. The van der Waals surface area contributed by atoms with E-state index in [0.717, 1.165) is 38.1 Å². The number of carbonyl (C=O) groups excluding carboxylic acids is 2. The van der Waals surface area contributed by atoms with Crippen LogP contribution in [-0.4, -0.2) is 76.0 Å². The summed E-state index contributed by atoms with van der Waals surface area (Å²) in [6, 6.07) is 3.39. The Balaban J connectivity index is 1.40. The van der Waals surface area contributed by atoms with Crippen molar-refractivity contribution in [2.75, 3.05) is 26.2 Å². The summed E-state index contributed by atoms with van der Waals surface area (Å²) >= 11 is 5.93. The van der Waals surface area contributed by atoms with Crippen LogP contribution in [0.5, 0.6) is 0 Å². The number of hydrogen-bond donors (Lipinski definition) is 1. The van der Waals surface area contributed by atoms with E-state index in [1.54, 1.807) is 11.0 Å². The van der Waals surface area contributed by atoms with Crippen molar-refractivity contribution in [3.05, 3.63) is 23.1 Å². The normalized spacial score (nSPS) is 35.1. The minimum atomic E-state index is -0.449. The lowest BCUT2D eigenvalue weighted by Gasteiger charge is -2.56. The Bertz CT molecular complexity index is 799. The lowest BCUT2D eigenvalue weighted by Crippen LogP contribution is -2.68. The van der Waals surface area contributed by atoms with Crippen molar-refractivity contribution in [3.8, 4) is 0 Å². The Morgan fingerprint density at radius 3 is 2.76 bits per heavy atom. The first kappa shape index (κ1) is 19.4. The zero-order chi connectivity index (χ0) is 20.1. The van der Waals surface area contributed by atoms with Gasteiger partial charge >= 0.3 is 0 Å². The molecule has 0 spiro atoms. The molecule has 8 heteroatoms. The van der Waals surface area contributed by atoms with Crippen LogP contribution >= 0.6 is 11.6 Å². The van der Waals surface area contributed by atoms with Crippen LogP contribution < -0.4 is 0 Å². The summed E-state index contributed by atoms with van der Waals surface area (Å²) in [4.78, 5) is 32.4. The predicted octanol–water partition coefficient (Wildman–Crippen LogP) is 1.73. The molecule has 2 bridgehead atoms. The number of β-amino-alcohol motifs (C(OH)–C–C–N with tert-alkyl or cyclic N) is 1. The number of hydrogen-bond acceptors (Lipinski definition) is 5. The summed E-state index contributed by atoms with van der Waals surface area (Å²) in [5.41, 5.74) is 0. The van der Waals surface area contributed by atoms with E-state index in [2.05, 4.69) is 4.90 Å². The number of furan rings is 1. The highest BCUT2D eigenvalue weighted by Crippen LogP contribution is 2.42. The van der Waals surface area contributed by atoms with E-state index in [4.69, 9.17) is 16.0 Å². The fourth-order valence-corrected chi connectivity index (χ4v) is 6.15. The molecule has 2 amide bonds. The first-order valence-electron chi connectivity index (χ1n) is 10.7. The quantitative estimate of drug-likeness (QED) is 0.804. The van der Waals surface area contributed by atoms with Crippen molar-refractivity contribution in [1.29, 1.82) is 0 Å². The number of aliphatic hydroxyl groups is 1. The number of aliphatic hydroxyl groups excluding tert-OH is 1. The molecular formula is C21H28ClN3O4. The topological polar surface area (TPSA) is 77.2 Å². The van der Waals surface area contributed by atoms with Gasteiger partial charge in [-0.3, -0.25) is 14.5 Å². The third kappa shape index (κ3) is 3.57. The van der Waals surface area contributed by atoms with Gasteiger partial charge in [-0.05, 0) is 55.3 Å². The number of carbonyl (C=O) groups is 2. The summed E-state index contributed by atoms with van der Waals surface area (Å²) in [5, 5.41) is 10.3. The maximum atomic E-state index is 13.5. The third-order valence-electron chi connectivity index (χ3n) is 7.15. The number of amides is 2. The van der Waals surface area contributed by atoms with E-state index in [1.807, 2.05) is 11.0 Å². The van der Waals surface area contributed by atoms with Crippen LogP contribution in [0, 0.1) is 11.8 Å². The average molecular weight is 422 g/mol. The van der Waals surface area contributed by atoms with Gasteiger partial charge in [0.1, 0.15) is 11.8 Å². The van der Waals surface area contributed by atoms with Gasteiger partial charge in [-0.2, -0.15) is 0 Å². The second-order valence-electron chi connectivity index (χ2n) is 9.09. The Morgan fingerprint density at radius 1 is 1.21 bits per heavy atom. The number of likely N-dealkylation sites (tertiary alicyclic amines) is 2. The first-order valence-corrected chi connectivity index (χ1v) is 11.1. The number of piperidine rings is 3. The van der Waals surface area contributed by atoms with Crippen LogP contribution in [0.3, 0.4) is 0 Å². The van der Waals surface area contributed by atoms with Crippen molar-refractivity contribution in [1.82, 2.24) is 14.7 Å². The molecule has 1 aromatic heterocycles. The highest BCUT2D eigenvalue weighted by atomic mass is 35.5. The van der Waals surface area contributed by atoms with Gasteiger partial charge in [0.15, 0.2) is 5.22 Å². The lowest BCUT2D eigenvalue weighted by atomic mass is 9.71. The molecule has 0 saturated carbocycles. The van der Waals surface area contributed by atoms with E-state index in [-0.39, 0.29) is 23.8 Å². The molecular weight excluding hydrogens is 394 g/mol. The monoisotopic (exact) mass is 421 g/mol. The van der Waals surface area contributed by atoms with Gasteiger partial charge in [-0.25, -0.2) is 0 Å². The zero-order valence-electron chi connectivity index (χ0n) is 16.5. The Morgan fingerprint density at radius 2 is 2.03 bits per heavy atom. The van der Waals surface area contributed by atoms with Crippen molar-refractivity contribution in [2.24, 2.45) is 11.8 Å². The summed E-state index contributed by atoms with van der Waals surface area (Å²) in [7, 11) is 0. The molecule has 1 N–H and O–H groups in total. The molecule has 0 unspecified atom stereocenters. The maximum Gasteiger partial charge on any atom is 0.245 e. The van der Waals surface area contributed by atoms with Gasteiger partial charge in [0.25, 0.3) is 0 Å². The largest absolute Gasteiger partial charge is 0.448 e. The molecule has 5 rings (SSSR count). The van der Waals surface area contributed by atoms with Crippen molar-refractivity contribution >= 4 is 23.4 Å².